The third kappa shape index (κ3) is 3.34. The van der Waals surface area contributed by atoms with E-state index in [1.54, 1.807) is 42.3 Å². The number of ether oxygens (including phenoxy) is 1. The van der Waals surface area contributed by atoms with Crippen molar-refractivity contribution in [3.05, 3.63) is 95.6 Å². The molecule has 1 atom stereocenters. The number of rotatable bonds is 5. The first-order valence-corrected chi connectivity index (χ1v) is 9.06. The Bertz CT molecular complexity index is 1000. The molecule has 0 aromatic heterocycles. The first-order valence-electron chi connectivity index (χ1n) is 9.06. The molecule has 0 saturated carbocycles. The van der Waals surface area contributed by atoms with Gasteiger partial charge in [0, 0.05) is 17.8 Å². The van der Waals surface area contributed by atoms with Crippen LogP contribution in [0.1, 0.15) is 27.5 Å². The molecule has 1 heterocycles. The van der Waals surface area contributed by atoms with Crippen LogP contribution >= 0.6 is 0 Å². The maximum absolute atomic E-state index is 13.2. The summed E-state index contributed by atoms with van der Waals surface area (Å²) in [5.41, 5.74) is 3.01. The molecule has 3 aromatic rings. The van der Waals surface area contributed by atoms with Crippen LogP contribution in [0.2, 0.25) is 0 Å². The summed E-state index contributed by atoms with van der Waals surface area (Å²) in [6.07, 6.45) is 0. The smallest absolute Gasteiger partial charge is 0.255 e. The number of anilines is 1. The summed E-state index contributed by atoms with van der Waals surface area (Å²) in [6, 6.07) is 23.3. The van der Waals surface area contributed by atoms with Crippen LogP contribution in [0.4, 0.5) is 5.69 Å². The van der Waals surface area contributed by atoms with Gasteiger partial charge in [0.05, 0.1) is 7.11 Å². The van der Waals surface area contributed by atoms with Crippen molar-refractivity contribution in [1.29, 1.82) is 0 Å². The van der Waals surface area contributed by atoms with Gasteiger partial charge in [0.1, 0.15) is 11.8 Å². The second kappa shape index (κ2) is 7.56. The van der Waals surface area contributed by atoms with Crippen LogP contribution in [0.3, 0.4) is 0 Å². The first kappa shape index (κ1) is 17.8. The minimum absolute atomic E-state index is 0.130. The number of carbonyl (C=O) groups excluding carboxylic acids is 2. The van der Waals surface area contributed by atoms with E-state index in [4.69, 9.17) is 4.74 Å². The molecule has 1 aliphatic heterocycles. The van der Waals surface area contributed by atoms with Crippen LogP contribution in [0, 0.1) is 0 Å². The second-order valence-corrected chi connectivity index (χ2v) is 6.62. The summed E-state index contributed by atoms with van der Waals surface area (Å²) in [7, 11) is 1.59. The van der Waals surface area contributed by atoms with Gasteiger partial charge in [0.2, 0.25) is 0 Å². The molecule has 4 rings (SSSR count). The van der Waals surface area contributed by atoms with Gasteiger partial charge in [-0.3, -0.25) is 9.59 Å². The van der Waals surface area contributed by atoms with Gasteiger partial charge in [-0.25, -0.2) is 0 Å². The molecule has 0 radical (unpaired) electrons. The lowest BCUT2D eigenvalue weighted by Gasteiger charge is -2.27. The number of nitrogens with zero attached hydrogens (tertiary/aromatic N) is 1. The van der Waals surface area contributed by atoms with Crippen molar-refractivity contribution in [2.75, 3.05) is 12.4 Å². The van der Waals surface area contributed by atoms with Gasteiger partial charge >= 0.3 is 0 Å². The highest BCUT2D eigenvalue weighted by Crippen LogP contribution is 2.32. The number of amides is 2. The largest absolute Gasteiger partial charge is 0.497 e. The number of methoxy groups -OCH3 is 1. The number of carbonyl (C=O) groups is 2. The number of hydrogen-bond donors (Lipinski definition) is 1. The normalized spacial score (nSPS) is 13.8. The van der Waals surface area contributed by atoms with Crippen molar-refractivity contribution >= 4 is 17.5 Å². The van der Waals surface area contributed by atoms with Crippen LogP contribution in [0.25, 0.3) is 0 Å². The van der Waals surface area contributed by atoms with E-state index < -0.39 is 6.04 Å². The quantitative estimate of drug-likeness (QED) is 0.736. The Morgan fingerprint density at radius 2 is 1.64 bits per heavy atom. The predicted molar refractivity (Wildman–Crippen MR) is 107 cm³/mol. The second-order valence-electron chi connectivity index (χ2n) is 6.62. The monoisotopic (exact) mass is 372 g/mol. The van der Waals surface area contributed by atoms with Gasteiger partial charge in [-0.05, 0) is 41.5 Å². The van der Waals surface area contributed by atoms with Crippen LogP contribution in [0.15, 0.2) is 78.9 Å². The summed E-state index contributed by atoms with van der Waals surface area (Å²) in [5.74, 6) is 0.328. The highest BCUT2D eigenvalue weighted by Gasteiger charge is 2.37. The highest BCUT2D eigenvalue weighted by molar-refractivity contribution is 6.03. The van der Waals surface area contributed by atoms with Crippen LogP contribution in [-0.4, -0.2) is 23.8 Å². The summed E-state index contributed by atoms with van der Waals surface area (Å²) in [4.78, 5) is 27.8. The van der Waals surface area contributed by atoms with Crippen molar-refractivity contribution in [1.82, 2.24) is 4.90 Å². The summed E-state index contributed by atoms with van der Waals surface area (Å²) < 4.78 is 5.16. The zero-order valence-electron chi connectivity index (χ0n) is 15.5. The van der Waals surface area contributed by atoms with E-state index in [0.717, 1.165) is 11.1 Å². The third-order valence-electron chi connectivity index (χ3n) is 4.88. The molecule has 28 heavy (non-hydrogen) atoms. The Kier molecular flexibility index (Phi) is 4.81. The Morgan fingerprint density at radius 3 is 2.32 bits per heavy atom. The molecule has 0 bridgehead atoms. The number of benzene rings is 3. The van der Waals surface area contributed by atoms with Gasteiger partial charge in [-0.2, -0.15) is 0 Å². The third-order valence-corrected chi connectivity index (χ3v) is 4.88. The van der Waals surface area contributed by atoms with E-state index in [1.807, 2.05) is 48.5 Å². The van der Waals surface area contributed by atoms with Gasteiger partial charge in [0.15, 0.2) is 0 Å². The van der Waals surface area contributed by atoms with Crippen molar-refractivity contribution in [3.8, 4) is 5.75 Å². The average molecular weight is 372 g/mol. The molecule has 0 unspecified atom stereocenters. The Balaban J connectivity index is 1.65. The number of fused-ring (bicyclic) bond motifs is 1. The number of hydrogen-bond acceptors (Lipinski definition) is 3. The highest BCUT2D eigenvalue weighted by atomic mass is 16.5. The summed E-state index contributed by atoms with van der Waals surface area (Å²) in [5, 5.41) is 2.93. The first-order chi connectivity index (χ1) is 13.7. The van der Waals surface area contributed by atoms with E-state index >= 15 is 0 Å². The molecular formula is C23H20N2O3. The molecular weight excluding hydrogens is 352 g/mol. The Labute approximate surface area is 163 Å². The summed E-state index contributed by atoms with van der Waals surface area (Å²) in [6.45, 7) is 0.407. The Morgan fingerprint density at radius 1 is 0.964 bits per heavy atom. The fourth-order valence-electron chi connectivity index (χ4n) is 3.48. The van der Waals surface area contributed by atoms with Crippen molar-refractivity contribution in [2.24, 2.45) is 0 Å². The fraction of sp³-hybridized carbons (Fsp3) is 0.130. The van der Waals surface area contributed by atoms with E-state index in [9.17, 15) is 9.59 Å². The lowest BCUT2D eigenvalue weighted by Crippen LogP contribution is -2.37. The molecule has 1 aliphatic rings. The predicted octanol–water partition coefficient (Wildman–Crippen LogP) is 4.03. The van der Waals surface area contributed by atoms with Gasteiger partial charge in [-0.15, -0.1) is 0 Å². The fourth-order valence-corrected chi connectivity index (χ4v) is 3.48. The lowest BCUT2D eigenvalue weighted by atomic mass is 10.0. The average Bonchev–Trinajstić information content (AvgIpc) is 3.06. The molecule has 0 saturated heterocycles. The van der Waals surface area contributed by atoms with E-state index in [0.29, 0.717) is 23.5 Å². The standard InChI is InChI=1S/C23H20N2O3/c1-28-19-13-11-18(12-14-19)24-22(26)21(16-7-3-2-4-8-16)25-15-17-9-5-6-10-20(17)23(25)27/h2-14,21H,15H2,1H3,(H,24,26)/t21-/m1/s1. The Hall–Kier alpha value is -3.60. The lowest BCUT2D eigenvalue weighted by molar-refractivity contribution is -0.120. The molecule has 0 fully saturated rings. The van der Waals surface area contributed by atoms with Crippen LogP contribution < -0.4 is 10.1 Å². The van der Waals surface area contributed by atoms with E-state index in [2.05, 4.69) is 5.32 Å². The van der Waals surface area contributed by atoms with Crippen molar-refractivity contribution in [2.45, 2.75) is 12.6 Å². The minimum Gasteiger partial charge on any atom is -0.497 e. The van der Waals surface area contributed by atoms with Crippen LogP contribution in [0.5, 0.6) is 5.75 Å². The van der Waals surface area contributed by atoms with Gasteiger partial charge in [-0.1, -0.05) is 48.5 Å². The van der Waals surface area contributed by atoms with Crippen molar-refractivity contribution < 1.29 is 14.3 Å². The minimum atomic E-state index is -0.719. The zero-order chi connectivity index (χ0) is 19.5. The van der Waals surface area contributed by atoms with E-state index in [1.165, 1.54) is 0 Å². The summed E-state index contributed by atoms with van der Waals surface area (Å²) >= 11 is 0. The van der Waals surface area contributed by atoms with Crippen molar-refractivity contribution in [3.63, 3.8) is 0 Å². The number of nitrogens with one attached hydrogen (secondary N) is 1. The zero-order valence-corrected chi connectivity index (χ0v) is 15.5. The molecule has 0 spiro atoms. The molecule has 5 nitrogen and oxygen atoms in total. The maximum Gasteiger partial charge on any atom is 0.255 e. The molecule has 3 aromatic carbocycles. The van der Waals surface area contributed by atoms with Gasteiger partial charge < -0.3 is 15.0 Å². The maximum atomic E-state index is 13.2. The molecule has 5 heteroatoms. The topological polar surface area (TPSA) is 58.6 Å². The molecule has 2 amide bonds. The van der Waals surface area contributed by atoms with E-state index in [-0.39, 0.29) is 11.8 Å². The molecule has 140 valence electrons. The van der Waals surface area contributed by atoms with Gasteiger partial charge in [0.25, 0.3) is 11.8 Å². The molecule has 1 N–H and O–H groups in total. The van der Waals surface area contributed by atoms with Crippen LogP contribution in [-0.2, 0) is 11.3 Å². The SMILES string of the molecule is COc1ccc(NC(=O)[C@@H](c2ccccc2)N2Cc3ccccc3C2=O)cc1. The molecule has 0 aliphatic carbocycles.